The predicted octanol–water partition coefficient (Wildman–Crippen LogP) is 2.70. The number of hydrogen-bond acceptors (Lipinski definition) is 3. The van der Waals surface area contributed by atoms with Gasteiger partial charge in [0.1, 0.15) is 6.04 Å². The van der Waals surface area contributed by atoms with Crippen LogP contribution in [-0.2, 0) is 11.2 Å². The largest absolute Gasteiger partial charge is 0.465 e. The Morgan fingerprint density at radius 2 is 1.96 bits per heavy atom. The van der Waals surface area contributed by atoms with E-state index >= 15 is 0 Å². The van der Waals surface area contributed by atoms with Gasteiger partial charge in [-0.3, -0.25) is 14.5 Å². The molecule has 2 amide bonds. The maximum atomic E-state index is 12.8. The highest BCUT2D eigenvalue weighted by Crippen LogP contribution is 2.32. The first-order chi connectivity index (χ1) is 11.2. The summed E-state index contributed by atoms with van der Waals surface area (Å²) in [5.41, 5.74) is 1.81. The van der Waals surface area contributed by atoms with E-state index in [4.69, 9.17) is 0 Å². The van der Waals surface area contributed by atoms with Gasteiger partial charge in [0, 0.05) is 29.8 Å². The van der Waals surface area contributed by atoms with Crippen molar-refractivity contribution in [3.05, 3.63) is 29.3 Å². The minimum absolute atomic E-state index is 0.145. The summed E-state index contributed by atoms with van der Waals surface area (Å²) in [6, 6.07) is 4.78. The molecule has 1 unspecified atom stereocenters. The summed E-state index contributed by atoms with van der Waals surface area (Å²) in [5, 5.41) is 9.52. The number of carboxylic acid groups (broad SMARTS) is 1. The van der Waals surface area contributed by atoms with E-state index in [1.807, 2.05) is 6.07 Å². The number of aryl methyl sites for hydroxylation is 1. The minimum atomic E-state index is -1.08. The van der Waals surface area contributed by atoms with Crippen LogP contribution in [0.3, 0.4) is 0 Å². The fourth-order valence-electron chi connectivity index (χ4n) is 3.66. The van der Waals surface area contributed by atoms with Crippen LogP contribution in [-0.4, -0.2) is 45.9 Å². The monoisotopic (exact) mass is 330 g/mol. The Hall–Kier alpha value is -2.37. The molecule has 6 nitrogen and oxygen atoms in total. The average Bonchev–Trinajstić information content (AvgIpc) is 3.02. The number of rotatable bonds is 2. The lowest BCUT2D eigenvalue weighted by atomic mass is 10.0. The number of hydrogen-bond donors (Lipinski definition) is 1. The van der Waals surface area contributed by atoms with Crippen molar-refractivity contribution in [2.45, 2.75) is 51.6 Å². The topological polar surface area (TPSA) is 77.9 Å². The molecule has 1 fully saturated rings. The second kappa shape index (κ2) is 5.61. The van der Waals surface area contributed by atoms with Gasteiger partial charge in [-0.25, -0.2) is 4.79 Å². The molecule has 1 atom stereocenters. The number of carbonyl (C=O) groups excluding carboxylic acids is 2. The van der Waals surface area contributed by atoms with Gasteiger partial charge in [0.2, 0.25) is 5.91 Å². The molecule has 24 heavy (non-hydrogen) atoms. The number of nitrogens with zero attached hydrogens (tertiary/aromatic N) is 2. The first-order valence-corrected chi connectivity index (χ1v) is 8.20. The van der Waals surface area contributed by atoms with Crippen molar-refractivity contribution in [2.24, 2.45) is 0 Å². The fourth-order valence-corrected chi connectivity index (χ4v) is 3.66. The lowest BCUT2D eigenvalue weighted by molar-refractivity contribution is -0.122. The van der Waals surface area contributed by atoms with Crippen molar-refractivity contribution in [1.82, 2.24) is 4.90 Å². The molecular formula is C18H22N2O4. The molecule has 3 rings (SSSR count). The molecule has 1 aliphatic heterocycles. The smallest absolute Gasteiger partial charge is 0.408 e. The van der Waals surface area contributed by atoms with Crippen LogP contribution < -0.4 is 4.90 Å². The van der Waals surface area contributed by atoms with Crippen LogP contribution in [0, 0.1) is 0 Å². The molecule has 1 aromatic rings. The Bertz CT molecular complexity index is 720. The molecule has 6 heteroatoms. The third kappa shape index (κ3) is 2.66. The lowest BCUT2D eigenvalue weighted by Crippen LogP contribution is -2.54. The van der Waals surface area contributed by atoms with Gasteiger partial charge in [-0.05, 0) is 57.4 Å². The number of ketones is 1. The Labute approximate surface area is 141 Å². The quantitative estimate of drug-likeness (QED) is 0.904. The van der Waals surface area contributed by atoms with E-state index in [0.717, 1.165) is 16.8 Å². The zero-order chi connectivity index (χ0) is 17.6. The summed E-state index contributed by atoms with van der Waals surface area (Å²) in [4.78, 5) is 39.1. The van der Waals surface area contributed by atoms with Gasteiger partial charge in [-0.2, -0.15) is 0 Å². The number of carbonyl (C=O) groups is 3. The number of fused-ring (bicyclic) bond motifs is 1. The van der Waals surface area contributed by atoms with Crippen LogP contribution in [0.2, 0.25) is 0 Å². The van der Waals surface area contributed by atoms with Gasteiger partial charge in [-0.15, -0.1) is 0 Å². The molecule has 1 saturated heterocycles. The Morgan fingerprint density at radius 3 is 2.58 bits per heavy atom. The van der Waals surface area contributed by atoms with Gasteiger partial charge in [0.15, 0.2) is 5.78 Å². The third-order valence-electron chi connectivity index (χ3n) is 4.74. The number of anilines is 1. The molecule has 0 spiro atoms. The van der Waals surface area contributed by atoms with Crippen molar-refractivity contribution >= 4 is 23.5 Å². The Kier molecular flexibility index (Phi) is 3.86. The van der Waals surface area contributed by atoms with Crippen LogP contribution >= 0.6 is 0 Å². The summed E-state index contributed by atoms with van der Waals surface area (Å²) < 4.78 is 0. The summed E-state index contributed by atoms with van der Waals surface area (Å²) in [6.07, 6.45) is 0.614. The average molecular weight is 330 g/mol. The van der Waals surface area contributed by atoms with E-state index in [1.54, 1.807) is 37.8 Å². The SMILES string of the molecule is CC(C)(C)N(C(=O)O)C1CCN(c2ccc3c(c2)CCC3=O)C1=O. The second-order valence-electron chi connectivity index (χ2n) is 7.38. The van der Waals surface area contributed by atoms with Gasteiger partial charge in [-0.1, -0.05) is 0 Å². The Morgan fingerprint density at radius 1 is 1.25 bits per heavy atom. The molecule has 1 heterocycles. The van der Waals surface area contributed by atoms with Crippen molar-refractivity contribution in [2.75, 3.05) is 11.4 Å². The summed E-state index contributed by atoms with van der Waals surface area (Å²) in [7, 11) is 0. The van der Waals surface area contributed by atoms with Crippen LogP contribution in [0.25, 0.3) is 0 Å². The normalized spacial score (nSPS) is 20.5. The standard InChI is InChI=1S/C18H22N2O4/c1-18(2,3)20(17(23)24)14-8-9-19(16(14)22)12-5-6-13-11(10-12)4-7-15(13)21/h5-6,10,14H,4,7-9H2,1-3H3,(H,23,24). The molecule has 0 saturated carbocycles. The summed E-state index contributed by atoms with van der Waals surface area (Å²) in [5.74, 6) is -0.0523. The van der Waals surface area contributed by atoms with E-state index in [0.29, 0.717) is 25.8 Å². The van der Waals surface area contributed by atoms with E-state index < -0.39 is 17.7 Å². The van der Waals surface area contributed by atoms with Crippen molar-refractivity contribution in [1.29, 1.82) is 0 Å². The molecule has 0 bridgehead atoms. The maximum absolute atomic E-state index is 12.8. The molecule has 2 aliphatic rings. The highest BCUT2D eigenvalue weighted by atomic mass is 16.4. The summed E-state index contributed by atoms with van der Waals surface area (Å²) in [6.45, 7) is 5.85. The number of amides is 2. The van der Waals surface area contributed by atoms with Gasteiger partial charge < -0.3 is 10.0 Å². The van der Waals surface area contributed by atoms with E-state index in [1.165, 1.54) is 4.90 Å². The third-order valence-corrected chi connectivity index (χ3v) is 4.74. The number of Topliss-reactive ketones (excluding diaryl/α,β-unsaturated/α-hetero) is 1. The highest BCUT2D eigenvalue weighted by molar-refractivity contribution is 6.03. The lowest BCUT2D eigenvalue weighted by Gasteiger charge is -2.36. The van der Waals surface area contributed by atoms with E-state index in [9.17, 15) is 19.5 Å². The van der Waals surface area contributed by atoms with Crippen LogP contribution in [0.5, 0.6) is 0 Å². The molecule has 0 aromatic heterocycles. The van der Waals surface area contributed by atoms with Crippen LogP contribution in [0.1, 0.15) is 49.5 Å². The zero-order valence-corrected chi connectivity index (χ0v) is 14.2. The first-order valence-electron chi connectivity index (χ1n) is 8.20. The van der Waals surface area contributed by atoms with E-state index in [-0.39, 0.29) is 11.7 Å². The van der Waals surface area contributed by atoms with Crippen molar-refractivity contribution in [3.63, 3.8) is 0 Å². The van der Waals surface area contributed by atoms with Gasteiger partial charge >= 0.3 is 6.09 Å². The summed E-state index contributed by atoms with van der Waals surface area (Å²) >= 11 is 0. The molecule has 1 aliphatic carbocycles. The van der Waals surface area contributed by atoms with Crippen molar-refractivity contribution in [3.8, 4) is 0 Å². The molecule has 128 valence electrons. The zero-order valence-electron chi connectivity index (χ0n) is 14.2. The fraction of sp³-hybridized carbons (Fsp3) is 0.500. The highest BCUT2D eigenvalue weighted by Gasteiger charge is 2.43. The number of benzene rings is 1. The minimum Gasteiger partial charge on any atom is -0.465 e. The van der Waals surface area contributed by atoms with Gasteiger partial charge in [0.25, 0.3) is 0 Å². The Balaban J connectivity index is 1.87. The van der Waals surface area contributed by atoms with E-state index in [2.05, 4.69) is 0 Å². The van der Waals surface area contributed by atoms with Crippen molar-refractivity contribution < 1.29 is 19.5 Å². The second-order valence-corrected chi connectivity index (χ2v) is 7.38. The predicted molar refractivity (Wildman–Crippen MR) is 89.5 cm³/mol. The van der Waals surface area contributed by atoms with Gasteiger partial charge in [0.05, 0.1) is 0 Å². The molecule has 1 aromatic carbocycles. The first kappa shape index (κ1) is 16.5. The molecule has 0 radical (unpaired) electrons. The molecule has 1 N–H and O–H groups in total. The van der Waals surface area contributed by atoms with Crippen LogP contribution in [0.15, 0.2) is 18.2 Å². The van der Waals surface area contributed by atoms with Crippen LogP contribution in [0.4, 0.5) is 10.5 Å². The molecular weight excluding hydrogens is 308 g/mol. The maximum Gasteiger partial charge on any atom is 0.408 e.